The van der Waals surface area contributed by atoms with Crippen molar-refractivity contribution in [3.8, 4) is 0 Å². The van der Waals surface area contributed by atoms with Gasteiger partial charge in [-0.05, 0) is 45.4 Å². The molecule has 3 rings (SSSR count). The van der Waals surface area contributed by atoms with Gasteiger partial charge in [0.15, 0.2) is 0 Å². The molecule has 0 saturated carbocycles. The number of fused-ring (bicyclic) bond motifs is 1. The van der Waals surface area contributed by atoms with Crippen molar-refractivity contribution in [1.82, 2.24) is 10.2 Å². The zero-order chi connectivity index (χ0) is 19.2. The first-order valence-corrected chi connectivity index (χ1v) is 8.50. The number of nitrogens with one attached hydrogen (secondary N) is 2. The van der Waals surface area contributed by atoms with Crippen molar-refractivity contribution >= 4 is 29.3 Å². The summed E-state index contributed by atoms with van der Waals surface area (Å²) in [6, 6.07) is 3.85. The number of hydrogen-bond acceptors (Lipinski definition) is 6. The van der Waals surface area contributed by atoms with Gasteiger partial charge in [-0.1, -0.05) is 0 Å². The first-order chi connectivity index (χ1) is 12.1. The maximum Gasteiger partial charge on any atom is 0.262 e. The Bertz CT molecular complexity index is 812. The molecule has 4 amide bonds. The zero-order valence-electron chi connectivity index (χ0n) is 15.0. The van der Waals surface area contributed by atoms with Crippen molar-refractivity contribution in [2.24, 2.45) is 5.73 Å². The molecule has 2 heterocycles. The van der Waals surface area contributed by atoms with E-state index in [9.17, 15) is 19.2 Å². The molecule has 2 unspecified atom stereocenters. The van der Waals surface area contributed by atoms with E-state index in [1.807, 2.05) is 20.8 Å². The number of anilines is 1. The molecule has 1 aromatic rings. The fraction of sp³-hybridized carbons (Fsp3) is 0.444. The number of nitrogens with zero attached hydrogens (tertiary/aromatic N) is 1. The second kappa shape index (κ2) is 6.21. The van der Waals surface area contributed by atoms with Crippen LogP contribution in [-0.4, -0.2) is 46.2 Å². The summed E-state index contributed by atoms with van der Waals surface area (Å²) in [6.45, 7) is 5.70. The first kappa shape index (κ1) is 18.1. The van der Waals surface area contributed by atoms with E-state index in [0.717, 1.165) is 4.90 Å². The Morgan fingerprint density at radius 2 is 1.85 bits per heavy atom. The number of amides is 4. The predicted molar refractivity (Wildman–Crippen MR) is 94.5 cm³/mol. The van der Waals surface area contributed by atoms with Crippen LogP contribution in [-0.2, 0) is 9.59 Å². The molecule has 2 aliphatic rings. The third kappa shape index (κ3) is 3.08. The van der Waals surface area contributed by atoms with Gasteiger partial charge in [0.05, 0.1) is 11.1 Å². The Hall–Kier alpha value is -2.74. The molecule has 1 aromatic carbocycles. The topological polar surface area (TPSA) is 122 Å². The minimum atomic E-state index is -0.960. The summed E-state index contributed by atoms with van der Waals surface area (Å²) in [5.74, 6) is -2.05. The van der Waals surface area contributed by atoms with Gasteiger partial charge in [0, 0.05) is 23.7 Å². The second-order valence-electron chi connectivity index (χ2n) is 7.39. The lowest BCUT2D eigenvalue weighted by Gasteiger charge is -2.29. The SMILES string of the molecule is CC(Nc1ccc2c(c1)C(=O)N(C1CCC(=O)NC1=O)C2=O)C(C)(C)N. The monoisotopic (exact) mass is 358 g/mol. The number of imide groups is 2. The van der Waals surface area contributed by atoms with Crippen LogP contribution in [0.5, 0.6) is 0 Å². The van der Waals surface area contributed by atoms with Crippen LogP contribution in [0, 0.1) is 0 Å². The summed E-state index contributed by atoms with van der Waals surface area (Å²) in [5, 5.41) is 5.40. The lowest BCUT2D eigenvalue weighted by atomic mass is 9.97. The van der Waals surface area contributed by atoms with Crippen molar-refractivity contribution in [1.29, 1.82) is 0 Å². The van der Waals surface area contributed by atoms with Crippen molar-refractivity contribution < 1.29 is 19.2 Å². The fourth-order valence-electron chi connectivity index (χ4n) is 3.00. The van der Waals surface area contributed by atoms with Gasteiger partial charge < -0.3 is 11.1 Å². The lowest BCUT2D eigenvalue weighted by Crippen LogP contribution is -2.54. The molecule has 8 nitrogen and oxygen atoms in total. The molecule has 8 heteroatoms. The lowest BCUT2D eigenvalue weighted by molar-refractivity contribution is -0.136. The number of benzene rings is 1. The zero-order valence-corrected chi connectivity index (χ0v) is 15.0. The summed E-state index contributed by atoms with van der Waals surface area (Å²) in [7, 11) is 0. The maximum absolute atomic E-state index is 12.8. The third-order valence-corrected chi connectivity index (χ3v) is 4.94. The maximum atomic E-state index is 12.8. The van der Waals surface area contributed by atoms with Crippen LogP contribution in [0.3, 0.4) is 0 Å². The van der Waals surface area contributed by atoms with Crippen LogP contribution in [0.25, 0.3) is 0 Å². The molecule has 0 aromatic heterocycles. The molecule has 4 N–H and O–H groups in total. The highest BCUT2D eigenvalue weighted by molar-refractivity contribution is 6.23. The van der Waals surface area contributed by atoms with Gasteiger partial charge in [-0.2, -0.15) is 0 Å². The molecule has 1 fully saturated rings. The summed E-state index contributed by atoms with van der Waals surface area (Å²) in [5.41, 5.74) is 6.76. The molecule has 26 heavy (non-hydrogen) atoms. The van der Waals surface area contributed by atoms with E-state index >= 15 is 0 Å². The number of carbonyl (C=O) groups is 4. The molecular weight excluding hydrogens is 336 g/mol. The molecule has 0 radical (unpaired) electrons. The molecule has 0 spiro atoms. The number of hydrogen-bond donors (Lipinski definition) is 3. The van der Waals surface area contributed by atoms with E-state index in [4.69, 9.17) is 5.73 Å². The smallest absolute Gasteiger partial charge is 0.262 e. The molecule has 0 bridgehead atoms. The minimum Gasteiger partial charge on any atom is -0.381 e. The molecular formula is C18H22N4O4. The molecule has 2 atom stereocenters. The fourth-order valence-corrected chi connectivity index (χ4v) is 3.00. The van der Waals surface area contributed by atoms with Crippen molar-refractivity contribution in [2.75, 3.05) is 5.32 Å². The second-order valence-corrected chi connectivity index (χ2v) is 7.39. The predicted octanol–water partition coefficient (Wildman–Crippen LogP) is 0.626. The van der Waals surface area contributed by atoms with Crippen molar-refractivity contribution in [2.45, 2.75) is 51.2 Å². The van der Waals surface area contributed by atoms with Gasteiger partial charge in [0.25, 0.3) is 11.8 Å². The Morgan fingerprint density at radius 1 is 1.19 bits per heavy atom. The Balaban J connectivity index is 1.86. The highest BCUT2D eigenvalue weighted by Gasteiger charge is 2.44. The number of nitrogens with two attached hydrogens (primary N) is 1. The molecule has 138 valence electrons. The van der Waals surface area contributed by atoms with Gasteiger partial charge in [-0.15, -0.1) is 0 Å². The normalized spacial score (nSPS) is 21.5. The standard InChI is InChI=1S/C18H22N4O4/c1-9(18(2,3)19)20-10-4-5-11-12(8-10)17(26)22(16(11)25)13-6-7-14(23)21-15(13)24/h4-5,8-9,13,20H,6-7,19H2,1-3H3,(H,21,23,24). The van der Waals surface area contributed by atoms with Gasteiger partial charge in [0.1, 0.15) is 6.04 Å². The Morgan fingerprint density at radius 3 is 2.46 bits per heavy atom. The molecule has 1 saturated heterocycles. The van der Waals surface area contributed by atoms with Gasteiger partial charge >= 0.3 is 0 Å². The average molecular weight is 358 g/mol. The van der Waals surface area contributed by atoms with Gasteiger partial charge in [-0.25, -0.2) is 0 Å². The van der Waals surface area contributed by atoms with E-state index in [0.29, 0.717) is 5.69 Å². The molecule has 0 aliphatic carbocycles. The Labute approximate surface area is 151 Å². The number of carbonyl (C=O) groups excluding carboxylic acids is 4. The average Bonchev–Trinajstić information content (AvgIpc) is 2.78. The highest BCUT2D eigenvalue weighted by Crippen LogP contribution is 2.30. The summed E-state index contributed by atoms with van der Waals surface area (Å²) in [4.78, 5) is 49.7. The van der Waals surface area contributed by atoms with E-state index in [1.165, 1.54) is 0 Å². The van der Waals surface area contributed by atoms with E-state index in [1.54, 1.807) is 18.2 Å². The highest BCUT2D eigenvalue weighted by atomic mass is 16.2. The van der Waals surface area contributed by atoms with Gasteiger partial charge in [-0.3, -0.25) is 29.4 Å². The van der Waals surface area contributed by atoms with E-state index < -0.39 is 35.2 Å². The van der Waals surface area contributed by atoms with E-state index in [-0.39, 0.29) is 30.0 Å². The number of piperidine rings is 1. The quantitative estimate of drug-likeness (QED) is 0.679. The van der Waals surface area contributed by atoms with Crippen molar-refractivity contribution in [3.05, 3.63) is 29.3 Å². The largest absolute Gasteiger partial charge is 0.381 e. The summed E-state index contributed by atoms with van der Waals surface area (Å²) >= 11 is 0. The Kier molecular flexibility index (Phi) is 4.31. The van der Waals surface area contributed by atoms with Crippen LogP contribution in [0.15, 0.2) is 18.2 Å². The molecule has 2 aliphatic heterocycles. The van der Waals surface area contributed by atoms with Crippen molar-refractivity contribution in [3.63, 3.8) is 0 Å². The summed E-state index contributed by atoms with van der Waals surface area (Å²) in [6.07, 6.45) is 0.235. The summed E-state index contributed by atoms with van der Waals surface area (Å²) < 4.78 is 0. The van der Waals surface area contributed by atoms with E-state index in [2.05, 4.69) is 10.6 Å². The van der Waals surface area contributed by atoms with Crippen LogP contribution >= 0.6 is 0 Å². The van der Waals surface area contributed by atoms with Crippen LogP contribution < -0.4 is 16.4 Å². The first-order valence-electron chi connectivity index (χ1n) is 8.50. The third-order valence-electron chi connectivity index (χ3n) is 4.94. The van der Waals surface area contributed by atoms with Gasteiger partial charge in [0.2, 0.25) is 11.8 Å². The van der Waals surface area contributed by atoms with Crippen LogP contribution in [0.2, 0.25) is 0 Å². The number of rotatable bonds is 4. The van der Waals surface area contributed by atoms with Crippen LogP contribution in [0.1, 0.15) is 54.3 Å². The van der Waals surface area contributed by atoms with Crippen LogP contribution in [0.4, 0.5) is 5.69 Å². The minimum absolute atomic E-state index is 0.0704.